The van der Waals surface area contributed by atoms with Gasteiger partial charge in [-0.3, -0.25) is 0 Å². The quantitative estimate of drug-likeness (QED) is 0.467. The second-order valence-electron chi connectivity index (χ2n) is 5.52. The second kappa shape index (κ2) is 6.74. The highest BCUT2D eigenvalue weighted by atomic mass is 35.5. The van der Waals surface area contributed by atoms with Crippen LogP contribution in [0.3, 0.4) is 0 Å². The summed E-state index contributed by atoms with van der Waals surface area (Å²) in [6.07, 6.45) is -2.43. The van der Waals surface area contributed by atoms with E-state index in [2.05, 4.69) is 0 Å². The molecule has 0 aromatic heterocycles. The molecule has 0 bridgehead atoms. The fraction of sp³-hybridized carbons (Fsp3) is 0.600. The van der Waals surface area contributed by atoms with Gasteiger partial charge in [-0.1, -0.05) is 30.5 Å². The van der Waals surface area contributed by atoms with Gasteiger partial charge in [0.05, 0.1) is 5.92 Å². The average Bonchev–Trinajstić information content (AvgIpc) is 2.42. The van der Waals surface area contributed by atoms with Crippen LogP contribution in [-0.2, 0) is 6.42 Å². The van der Waals surface area contributed by atoms with Gasteiger partial charge in [0.1, 0.15) is 5.82 Å². The Morgan fingerprint density at radius 3 is 2.48 bits per heavy atom. The zero-order valence-corrected chi connectivity index (χ0v) is 12.8. The van der Waals surface area contributed by atoms with Crippen LogP contribution in [0.25, 0.3) is 0 Å². The van der Waals surface area contributed by atoms with Gasteiger partial charge in [0.25, 0.3) is 0 Å². The van der Waals surface area contributed by atoms with Crippen molar-refractivity contribution in [2.24, 2.45) is 11.8 Å². The van der Waals surface area contributed by atoms with Crippen molar-refractivity contribution in [3.8, 4) is 0 Å². The first-order valence-electron chi connectivity index (χ1n) is 6.94. The number of benzene rings is 1. The van der Waals surface area contributed by atoms with E-state index in [0.717, 1.165) is 6.42 Å². The molecule has 0 spiro atoms. The predicted octanol–water partition coefficient (Wildman–Crippen LogP) is 6.00. The Morgan fingerprint density at radius 2 is 1.86 bits per heavy atom. The minimum absolute atomic E-state index is 0.0182. The van der Waals surface area contributed by atoms with Crippen molar-refractivity contribution in [3.63, 3.8) is 0 Å². The van der Waals surface area contributed by atoms with Gasteiger partial charge in [-0.2, -0.15) is 13.2 Å². The van der Waals surface area contributed by atoms with E-state index < -0.39 is 29.2 Å². The summed E-state index contributed by atoms with van der Waals surface area (Å²) in [5.74, 6) is -2.61. The van der Waals surface area contributed by atoms with Crippen molar-refractivity contribution in [2.75, 3.05) is 0 Å². The molecule has 0 nitrogen and oxygen atoms in total. The SMILES string of the molecule is Fc1cccc(Cl)c1CC(Cl)C1CCCCC1C(F)(F)F. The molecule has 0 N–H and O–H groups in total. The third-order valence-electron chi connectivity index (χ3n) is 4.17. The van der Waals surface area contributed by atoms with Gasteiger partial charge in [0.15, 0.2) is 0 Å². The maximum absolute atomic E-state index is 13.7. The molecule has 0 saturated heterocycles. The molecule has 3 unspecified atom stereocenters. The Morgan fingerprint density at radius 1 is 1.19 bits per heavy atom. The van der Waals surface area contributed by atoms with Crippen molar-refractivity contribution in [3.05, 3.63) is 34.6 Å². The molecule has 1 aromatic carbocycles. The Balaban J connectivity index is 2.16. The van der Waals surface area contributed by atoms with E-state index in [1.165, 1.54) is 18.2 Å². The molecule has 0 amide bonds. The number of alkyl halides is 4. The molecule has 6 heteroatoms. The van der Waals surface area contributed by atoms with Gasteiger partial charge < -0.3 is 0 Å². The topological polar surface area (TPSA) is 0 Å². The minimum atomic E-state index is -4.25. The van der Waals surface area contributed by atoms with Crippen LogP contribution in [0.2, 0.25) is 5.02 Å². The van der Waals surface area contributed by atoms with E-state index in [1.54, 1.807) is 0 Å². The monoisotopic (exact) mass is 342 g/mol. The first kappa shape index (κ1) is 16.9. The highest BCUT2D eigenvalue weighted by Gasteiger charge is 2.47. The van der Waals surface area contributed by atoms with Gasteiger partial charge in [0, 0.05) is 16.0 Å². The molecule has 2 rings (SSSR count). The molecular weight excluding hydrogens is 327 g/mol. The molecule has 0 aliphatic heterocycles. The molecule has 0 radical (unpaired) electrons. The molecule has 1 aliphatic carbocycles. The highest BCUT2D eigenvalue weighted by Crippen LogP contribution is 2.45. The van der Waals surface area contributed by atoms with Crippen LogP contribution >= 0.6 is 23.2 Å². The summed E-state index contributed by atoms with van der Waals surface area (Å²) in [6, 6.07) is 4.22. The first-order valence-corrected chi connectivity index (χ1v) is 7.76. The zero-order chi connectivity index (χ0) is 15.6. The van der Waals surface area contributed by atoms with E-state index in [4.69, 9.17) is 23.2 Å². The Hall–Kier alpha value is -0.480. The largest absolute Gasteiger partial charge is 0.392 e. The summed E-state index contributed by atoms with van der Waals surface area (Å²) in [7, 11) is 0. The lowest BCUT2D eigenvalue weighted by Crippen LogP contribution is -2.38. The van der Waals surface area contributed by atoms with E-state index in [1.807, 2.05) is 0 Å². The molecule has 1 fully saturated rings. The number of halogens is 6. The van der Waals surface area contributed by atoms with Gasteiger partial charge in [0.2, 0.25) is 0 Å². The molecule has 1 saturated carbocycles. The summed E-state index contributed by atoms with van der Waals surface area (Å²) < 4.78 is 53.0. The third kappa shape index (κ3) is 4.04. The Labute approximate surface area is 131 Å². The van der Waals surface area contributed by atoms with Gasteiger partial charge >= 0.3 is 6.18 Å². The zero-order valence-electron chi connectivity index (χ0n) is 11.3. The smallest absolute Gasteiger partial charge is 0.207 e. The van der Waals surface area contributed by atoms with Crippen molar-refractivity contribution in [1.29, 1.82) is 0 Å². The Kier molecular flexibility index (Phi) is 5.42. The Bertz CT molecular complexity index is 467. The standard InChI is InChI=1S/C15H16Cl2F4/c16-12-6-3-7-14(18)10(12)8-13(17)9-4-1-2-5-11(9)15(19,20)21/h3,6-7,9,11,13H,1-2,4-5,8H2. The number of rotatable bonds is 3. The van der Waals surface area contributed by atoms with Gasteiger partial charge in [-0.25, -0.2) is 4.39 Å². The molecular formula is C15H16Cl2F4. The third-order valence-corrected chi connectivity index (χ3v) is 5.00. The van der Waals surface area contributed by atoms with Crippen LogP contribution in [0, 0.1) is 17.7 Å². The van der Waals surface area contributed by atoms with E-state index in [-0.39, 0.29) is 23.4 Å². The molecule has 1 aliphatic rings. The second-order valence-corrected chi connectivity index (χ2v) is 6.48. The highest BCUT2D eigenvalue weighted by molar-refractivity contribution is 6.31. The maximum Gasteiger partial charge on any atom is 0.392 e. The fourth-order valence-corrected chi connectivity index (χ4v) is 3.77. The predicted molar refractivity (Wildman–Crippen MR) is 76.3 cm³/mol. The maximum atomic E-state index is 13.7. The van der Waals surface area contributed by atoms with Crippen molar-refractivity contribution < 1.29 is 17.6 Å². The minimum Gasteiger partial charge on any atom is -0.207 e. The van der Waals surface area contributed by atoms with Crippen molar-refractivity contribution in [1.82, 2.24) is 0 Å². The molecule has 21 heavy (non-hydrogen) atoms. The van der Waals surface area contributed by atoms with Crippen molar-refractivity contribution in [2.45, 2.75) is 43.7 Å². The lowest BCUT2D eigenvalue weighted by Gasteiger charge is -2.35. The van der Waals surface area contributed by atoms with Gasteiger partial charge in [-0.05, 0) is 37.3 Å². The lowest BCUT2D eigenvalue weighted by atomic mass is 9.75. The van der Waals surface area contributed by atoms with E-state index >= 15 is 0 Å². The summed E-state index contributed by atoms with van der Waals surface area (Å²) in [5.41, 5.74) is 0.200. The average molecular weight is 343 g/mol. The summed E-state index contributed by atoms with van der Waals surface area (Å²) in [5, 5.41) is -0.564. The van der Waals surface area contributed by atoms with Crippen LogP contribution < -0.4 is 0 Å². The van der Waals surface area contributed by atoms with Crippen LogP contribution in [0.5, 0.6) is 0 Å². The van der Waals surface area contributed by atoms with Crippen molar-refractivity contribution >= 4 is 23.2 Å². The number of hydrogen-bond acceptors (Lipinski definition) is 0. The van der Waals surface area contributed by atoms with E-state index in [9.17, 15) is 17.6 Å². The fourth-order valence-electron chi connectivity index (χ4n) is 3.07. The summed E-state index contributed by atoms with van der Waals surface area (Å²) in [4.78, 5) is 0. The van der Waals surface area contributed by atoms with E-state index in [0.29, 0.717) is 12.8 Å². The van der Waals surface area contributed by atoms with Gasteiger partial charge in [-0.15, -0.1) is 11.6 Å². The summed E-state index contributed by atoms with van der Waals surface area (Å²) >= 11 is 12.1. The van der Waals surface area contributed by atoms with Crippen LogP contribution in [0.15, 0.2) is 18.2 Å². The molecule has 118 valence electrons. The van der Waals surface area contributed by atoms with Crippen LogP contribution in [0.1, 0.15) is 31.2 Å². The lowest BCUT2D eigenvalue weighted by molar-refractivity contribution is -0.196. The number of hydrogen-bond donors (Lipinski definition) is 0. The van der Waals surface area contributed by atoms with Crippen LogP contribution in [-0.4, -0.2) is 11.6 Å². The van der Waals surface area contributed by atoms with Crippen LogP contribution in [0.4, 0.5) is 17.6 Å². The molecule has 0 heterocycles. The normalized spacial score (nSPS) is 24.9. The molecule has 1 aromatic rings. The molecule has 3 atom stereocenters. The summed E-state index contributed by atoms with van der Waals surface area (Å²) in [6.45, 7) is 0. The first-order chi connectivity index (χ1) is 9.80.